The summed E-state index contributed by atoms with van der Waals surface area (Å²) in [5, 5.41) is 17.0. The van der Waals surface area contributed by atoms with Crippen LogP contribution in [0.4, 0.5) is 5.69 Å². The van der Waals surface area contributed by atoms with Gasteiger partial charge in [0.15, 0.2) is 0 Å². The number of carbonyl (C=O) groups is 1. The van der Waals surface area contributed by atoms with Crippen LogP contribution in [0.3, 0.4) is 0 Å². The first-order valence-corrected chi connectivity index (χ1v) is 6.55. The van der Waals surface area contributed by atoms with Crippen LogP contribution in [-0.4, -0.2) is 36.6 Å². The van der Waals surface area contributed by atoms with Gasteiger partial charge in [-0.05, 0) is 26.0 Å². The van der Waals surface area contributed by atoms with Crippen molar-refractivity contribution < 1.29 is 14.5 Å². The number of nitrogens with one attached hydrogen (secondary N) is 2. The Bertz CT molecular complexity index is 512. The summed E-state index contributed by atoms with van der Waals surface area (Å²) in [6, 6.07) is 4.41. The van der Waals surface area contributed by atoms with E-state index in [1.165, 1.54) is 18.2 Å². The summed E-state index contributed by atoms with van der Waals surface area (Å²) in [5.41, 5.74) is 0.0111. The number of para-hydroxylation sites is 1. The van der Waals surface area contributed by atoms with Gasteiger partial charge < -0.3 is 15.4 Å². The highest BCUT2D eigenvalue weighted by Crippen LogP contribution is 2.31. The number of hydrogen-bond acceptors (Lipinski definition) is 5. The maximum Gasteiger partial charge on any atom is 0.311 e. The van der Waals surface area contributed by atoms with Crippen LogP contribution in [0, 0.1) is 10.1 Å². The van der Waals surface area contributed by atoms with Crippen LogP contribution < -0.4 is 15.4 Å². The number of hydrogen-bond donors (Lipinski definition) is 2. The van der Waals surface area contributed by atoms with Crippen molar-refractivity contribution in [1.82, 2.24) is 10.6 Å². The molecule has 1 atom stereocenters. The molecule has 0 spiro atoms. The Labute approximate surface area is 116 Å². The van der Waals surface area contributed by atoms with E-state index in [0.717, 1.165) is 13.0 Å². The summed E-state index contributed by atoms with van der Waals surface area (Å²) in [5.74, 6) is -0.311. The average molecular weight is 279 g/mol. The number of carbonyl (C=O) groups excluding carboxylic acids is 1. The molecule has 2 rings (SSSR count). The third kappa shape index (κ3) is 3.05. The molecular formula is C13H17N3O4. The summed E-state index contributed by atoms with van der Waals surface area (Å²) in [6.45, 7) is 3.55. The van der Waals surface area contributed by atoms with E-state index in [4.69, 9.17) is 4.74 Å². The van der Waals surface area contributed by atoms with Gasteiger partial charge in [0, 0.05) is 18.7 Å². The summed E-state index contributed by atoms with van der Waals surface area (Å²) in [7, 11) is 0. The predicted octanol–water partition coefficient (Wildman–Crippen LogP) is 1.09. The van der Waals surface area contributed by atoms with Gasteiger partial charge in [-0.2, -0.15) is 0 Å². The molecule has 1 saturated heterocycles. The lowest BCUT2D eigenvalue weighted by molar-refractivity contribution is -0.385. The predicted molar refractivity (Wildman–Crippen MR) is 73.0 cm³/mol. The van der Waals surface area contributed by atoms with Crippen molar-refractivity contribution in [2.75, 3.05) is 19.7 Å². The molecule has 1 aromatic carbocycles. The van der Waals surface area contributed by atoms with E-state index in [2.05, 4.69) is 10.6 Å². The second kappa shape index (κ2) is 6.33. The van der Waals surface area contributed by atoms with Crippen LogP contribution >= 0.6 is 0 Å². The van der Waals surface area contributed by atoms with Crippen molar-refractivity contribution in [3.63, 3.8) is 0 Å². The minimum atomic E-state index is -0.543. The topological polar surface area (TPSA) is 93.5 Å². The maximum atomic E-state index is 12.2. The van der Waals surface area contributed by atoms with Gasteiger partial charge in [0.2, 0.25) is 5.75 Å². The van der Waals surface area contributed by atoms with Gasteiger partial charge in [0.1, 0.15) is 0 Å². The van der Waals surface area contributed by atoms with Crippen LogP contribution in [0.2, 0.25) is 0 Å². The fourth-order valence-corrected chi connectivity index (χ4v) is 2.18. The molecule has 0 aromatic heterocycles. The first-order valence-electron chi connectivity index (χ1n) is 6.55. The third-order valence-electron chi connectivity index (χ3n) is 3.12. The molecule has 1 amide bonds. The third-order valence-corrected chi connectivity index (χ3v) is 3.12. The lowest BCUT2D eigenvalue weighted by Crippen LogP contribution is -2.36. The maximum absolute atomic E-state index is 12.2. The van der Waals surface area contributed by atoms with Crippen molar-refractivity contribution in [3.05, 3.63) is 33.9 Å². The van der Waals surface area contributed by atoms with Gasteiger partial charge >= 0.3 is 5.69 Å². The van der Waals surface area contributed by atoms with Gasteiger partial charge in [-0.1, -0.05) is 6.07 Å². The molecule has 1 aromatic rings. The minimum absolute atomic E-state index is 0.0310. The number of amides is 1. The summed E-state index contributed by atoms with van der Waals surface area (Å²) >= 11 is 0. The van der Waals surface area contributed by atoms with Crippen molar-refractivity contribution in [3.8, 4) is 5.75 Å². The standard InChI is InChI=1S/C13H17N3O4/c1-2-20-12-10(4-3-5-11(12)16(18)19)13(17)15-9-6-7-14-8-9/h3-5,9,14H,2,6-8H2,1H3,(H,15,17). The Balaban J connectivity index is 2.26. The monoisotopic (exact) mass is 279 g/mol. The summed E-state index contributed by atoms with van der Waals surface area (Å²) in [4.78, 5) is 22.7. The van der Waals surface area contributed by atoms with E-state index in [1.54, 1.807) is 6.92 Å². The molecular weight excluding hydrogens is 262 g/mol. The van der Waals surface area contributed by atoms with Gasteiger partial charge in [-0.15, -0.1) is 0 Å². The van der Waals surface area contributed by atoms with Crippen LogP contribution in [-0.2, 0) is 0 Å². The van der Waals surface area contributed by atoms with E-state index < -0.39 is 4.92 Å². The lowest BCUT2D eigenvalue weighted by atomic mass is 10.1. The summed E-state index contributed by atoms with van der Waals surface area (Å²) < 4.78 is 5.30. The molecule has 0 radical (unpaired) electrons. The molecule has 1 aliphatic heterocycles. The number of nitro benzene ring substituents is 1. The van der Waals surface area contributed by atoms with E-state index in [-0.39, 0.29) is 35.6 Å². The molecule has 1 unspecified atom stereocenters. The van der Waals surface area contributed by atoms with E-state index >= 15 is 0 Å². The molecule has 7 nitrogen and oxygen atoms in total. The highest BCUT2D eigenvalue weighted by molar-refractivity contribution is 5.98. The van der Waals surface area contributed by atoms with E-state index in [1.807, 2.05) is 0 Å². The molecule has 1 aliphatic rings. The first-order chi connectivity index (χ1) is 9.63. The van der Waals surface area contributed by atoms with Gasteiger partial charge in [0.05, 0.1) is 17.1 Å². The first kappa shape index (κ1) is 14.3. The zero-order chi connectivity index (χ0) is 14.5. The second-order valence-electron chi connectivity index (χ2n) is 4.51. The molecule has 2 N–H and O–H groups in total. The Morgan fingerprint density at radius 1 is 1.60 bits per heavy atom. The smallest absolute Gasteiger partial charge is 0.311 e. The molecule has 0 saturated carbocycles. The average Bonchev–Trinajstić information content (AvgIpc) is 2.91. The Morgan fingerprint density at radius 2 is 2.40 bits per heavy atom. The van der Waals surface area contributed by atoms with E-state index in [9.17, 15) is 14.9 Å². The van der Waals surface area contributed by atoms with Gasteiger partial charge in [0.25, 0.3) is 5.91 Å². The Hall–Kier alpha value is -2.15. The molecule has 0 bridgehead atoms. The number of nitro groups is 1. The normalized spacial score (nSPS) is 17.8. The van der Waals surface area contributed by atoms with Crippen LogP contribution in [0.15, 0.2) is 18.2 Å². The molecule has 1 heterocycles. The molecule has 1 fully saturated rings. The number of ether oxygens (including phenoxy) is 1. The fraction of sp³-hybridized carbons (Fsp3) is 0.462. The lowest BCUT2D eigenvalue weighted by Gasteiger charge is -2.14. The number of rotatable bonds is 5. The molecule has 20 heavy (non-hydrogen) atoms. The van der Waals surface area contributed by atoms with Crippen LogP contribution in [0.5, 0.6) is 5.75 Å². The van der Waals surface area contributed by atoms with E-state index in [0.29, 0.717) is 6.54 Å². The number of nitrogens with zero attached hydrogens (tertiary/aromatic N) is 1. The molecule has 108 valence electrons. The fourth-order valence-electron chi connectivity index (χ4n) is 2.18. The minimum Gasteiger partial charge on any atom is -0.487 e. The Kier molecular flexibility index (Phi) is 4.52. The highest BCUT2D eigenvalue weighted by atomic mass is 16.6. The second-order valence-corrected chi connectivity index (χ2v) is 4.51. The number of benzene rings is 1. The Morgan fingerprint density at radius 3 is 3.00 bits per heavy atom. The highest BCUT2D eigenvalue weighted by Gasteiger charge is 2.25. The van der Waals surface area contributed by atoms with Gasteiger partial charge in [-0.3, -0.25) is 14.9 Å². The van der Waals surface area contributed by atoms with Crippen LogP contribution in [0.1, 0.15) is 23.7 Å². The van der Waals surface area contributed by atoms with Crippen molar-refractivity contribution >= 4 is 11.6 Å². The van der Waals surface area contributed by atoms with Crippen molar-refractivity contribution in [2.45, 2.75) is 19.4 Å². The van der Waals surface area contributed by atoms with Crippen molar-refractivity contribution in [2.24, 2.45) is 0 Å². The quantitative estimate of drug-likeness (QED) is 0.621. The van der Waals surface area contributed by atoms with Gasteiger partial charge in [-0.25, -0.2) is 0 Å². The summed E-state index contributed by atoms with van der Waals surface area (Å²) in [6.07, 6.45) is 0.852. The molecule has 7 heteroatoms. The zero-order valence-corrected chi connectivity index (χ0v) is 11.2. The largest absolute Gasteiger partial charge is 0.487 e. The zero-order valence-electron chi connectivity index (χ0n) is 11.2. The van der Waals surface area contributed by atoms with Crippen molar-refractivity contribution in [1.29, 1.82) is 0 Å². The SMILES string of the molecule is CCOc1c(C(=O)NC2CCNC2)cccc1[N+](=O)[O-]. The van der Waals surface area contributed by atoms with Crippen LogP contribution in [0.25, 0.3) is 0 Å². The molecule has 0 aliphatic carbocycles.